The van der Waals surface area contributed by atoms with E-state index in [4.69, 9.17) is 0 Å². The van der Waals surface area contributed by atoms with Crippen LogP contribution in [0.25, 0.3) is 0 Å². The molecule has 0 bridgehead atoms. The van der Waals surface area contributed by atoms with Crippen molar-refractivity contribution in [3.05, 3.63) is 36.9 Å². The highest BCUT2D eigenvalue weighted by Crippen LogP contribution is 2.13. The van der Waals surface area contributed by atoms with Crippen molar-refractivity contribution in [3.63, 3.8) is 0 Å². The number of rotatable bonds is 3. The molecule has 2 rings (SSSR count). The Morgan fingerprint density at radius 2 is 2.07 bits per heavy atom. The fraction of sp³-hybridized carbons (Fsp3) is 0.111. The molecule has 14 heavy (non-hydrogen) atoms. The zero-order valence-corrected chi connectivity index (χ0v) is 8.53. The van der Waals surface area contributed by atoms with Crippen LogP contribution in [-0.4, -0.2) is 20.9 Å². The molecule has 0 saturated carbocycles. The Kier molecular flexibility index (Phi) is 2.69. The van der Waals surface area contributed by atoms with E-state index >= 15 is 0 Å². The number of thioether (sulfide) groups is 1. The van der Waals surface area contributed by atoms with Gasteiger partial charge in [0.1, 0.15) is 17.2 Å². The molecule has 0 aromatic carbocycles. The predicted octanol–water partition coefficient (Wildman–Crippen LogP) is 1.88. The third-order valence-electron chi connectivity index (χ3n) is 1.70. The highest BCUT2D eigenvalue weighted by Gasteiger charge is 1.96. The first-order valence-corrected chi connectivity index (χ1v) is 5.37. The van der Waals surface area contributed by atoms with Crippen molar-refractivity contribution < 1.29 is 0 Å². The molecule has 0 unspecified atom stereocenters. The number of anilines is 1. The van der Waals surface area contributed by atoms with Crippen molar-refractivity contribution in [1.82, 2.24) is 14.6 Å². The van der Waals surface area contributed by atoms with Gasteiger partial charge >= 0.3 is 0 Å². The van der Waals surface area contributed by atoms with Crippen molar-refractivity contribution in [2.75, 3.05) is 11.7 Å². The van der Waals surface area contributed by atoms with E-state index in [0.29, 0.717) is 0 Å². The Morgan fingerprint density at radius 3 is 2.79 bits per heavy atom. The highest BCUT2D eigenvalue weighted by atomic mass is 32.2. The van der Waals surface area contributed by atoms with Gasteiger partial charge in [-0.2, -0.15) is 0 Å². The minimum atomic E-state index is 0.792. The standard InChI is InChI=1S/C9H10N4S/c1-14-9-6-8(10-7-11-9)12-13-4-2-3-5-13/h2-7H,1H3,(H,10,11,12). The average molecular weight is 206 g/mol. The van der Waals surface area contributed by atoms with Crippen LogP contribution in [0.1, 0.15) is 0 Å². The lowest BCUT2D eigenvalue weighted by atomic mass is 10.6. The van der Waals surface area contributed by atoms with Crippen molar-refractivity contribution in [3.8, 4) is 0 Å². The Hall–Kier alpha value is -1.49. The summed E-state index contributed by atoms with van der Waals surface area (Å²) in [5, 5.41) is 0.953. The Morgan fingerprint density at radius 1 is 1.29 bits per heavy atom. The summed E-state index contributed by atoms with van der Waals surface area (Å²) in [6.45, 7) is 0. The van der Waals surface area contributed by atoms with Crippen molar-refractivity contribution >= 4 is 17.6 Å². The van der Waals surface area contributed by atoms with E-state index in [-0.39, 0.29) is 0 Å². The lowest BCUT2D eigenvalue weighted by Crippen LogP contribution is -2.07. The molecule has 0 aliphatic heterocycles. The molecule has 5 heteroatoms. The maximum atomic E-state index is 4.11. The second-order valence-electron chi connectivity index (χ2n) is 2.65. The van der Waals surface area contributed by atoms with Gasteiger partial charge in [-0.05, 0) is 18.4 Å². The largest absolute Gasteiger partial charge is 0.278 e. The van der Waals surface area contributed by atoms with Crippen LogP contribution < -0.4 is 5.43 Å². The Balaban J connectivity index is 2.17. The van der Waals surface area contributed by atoms with Gasteiger partial charge in [-0.25, -0.2) is 9.97 Å². The summed E-state index contributed by atoms with van der Waals surface area (Å²) in [6.07, 6.45) is 7.38. The van der Waals surface area contributed by atoms with Gasteiger partial charge in [0.25, 0.3) is 0 Å². The maximum Gasteiger partial charge on any atom is 0.149 e. The molecular formula is C9H10N4S. The molecule has 0 saturated heterocycles. The van der Waals surface area contributed by atoms with Gasteiger partial charge in [-0.3, -0.25) is 10.1 Å². The van der Waals surface area contributed by atoms with E-state index < -0.39 is 0 Å². The molecule has 2 aromatic heterocycles. The van der Waals surface area contributed by atoms with E-state index in [1.54, 1.807) is 18.1 Å². The molecule has 4 nitrogen and oxygen atoms in total. The average Bonchev–Trinajstić information content (AvgIpc) is 2.71. The van der Waals surface area contributed by atoms with Gasteiger partial charge in [-0.15, -0.1) is 11.8 Å². The zero-order chi connectivity index (χ0) is 9.80. The molecule has 1 N–H and O–H groups in total. The molecule has 0 atom stereocenters. The first-order valence-electron chi connectivity index (χ1n) is 4.14. The fourth-order valence-corrected chi connectivity index (χ4v) is 1.44. The van der Waals surface area contributed by atoms with Gasteiger partial charge in [0.05, 0.1) is 0 Å². The van der Waals surface area contributed by atoms with Gasteiger partial charge in [0.2, 0.25) is 0 Å². The lowest BCUT2D eigenvalue weighted by molar-refractivity contribution is 0.932. The van der Waals surface area contributed by atoms with Gasteiger partial charge in [-0.1, -0.05) is 0 Å². The van der Waals surface area contributed by atoms with E-state index in [1.165, 1.54) is 0 Å². The molecule has 0 aliphatic rings. The van der Waals surface area contributed by atoms with Crippen LogP contribution in [0.4, 0.5) is 5.82 Å². The first kappa shape index (κ1) is 9.08. The van der Waals surface area contributed by atoms with E-state index in [2.05, 4.69) is 15.4 Å². The summed E-state index contributed by atoms with van der Waals surface area (Å²) in [4.78, 5) is 8.20. The minimum absolute atomic E-state index is 0.792. The summed E-state index contributed by atoms with van der Waals surface area (Å²) in [5.74, 6) is 0.792. The van der Waals surface area contributed by atoms with Crippen LogP contribution in [0.15, 0.2) is 41.9 Å². The first-order chi connectivity index (χ1) is 6.88. The van der Waals surface area contributed by atoms with E-state index in [9.17, 15) is 0 Å². The number of nitrogens with zero attached hydrogens (tertiary/aromatic N) is 3. The molecule has 0 radical (unpaired) electrons. The van der Waals surface area contributed by atoms with Crippen molar-refractivity contribution in [2.45, 2.75) is 5.03 Å². The number of hydrogen-bond donors (Lipinski definition) is 1. The molecule has 0 aliphatic carbocycles. The molecule has 0 spiro atoms. The summed E-state index contributed by atoms with van der Waals surface area (Å²) in [5.41, 5.74) is 3.11. The van der Waals surface area contributed by atoms with Crippen LogP contribution in [0.3, 0.4) is 0 Å². The Bertz CT molecular complexity index is 399. The molecule has 0 amide bonds. The van der Waals surface area contributed by atoms with E-state index in [0.717, 1.165) is 10.8 Å². The quantitative estimate of drug-likeness (QED) is 0.615. The normalized spacial score (nSPS) is 10.1. The third-order valence-corrected chi connectivity index (χ3v) is 2.34. The summed E-state index contributed by atoms with van der Waals surface area (Å²) in [6, 6.07) is 5.80. The number of nitrogens with one attached hydrogen (secondary N) is 1. The molecule has 2 aromatic rings. The monoisotopic (exact) mass is 206 g/mol. The predicted molar refractivity (Wildman–Crippen MR) is 57.3 cm³/mol. The number of aromatic nitrogens is 3. The SMILES string of the molecule is CSc1cc(Nn2cccc2)ncn1. The van der Waals surface area contributed by atoms with Crippen molar-refractivity contribution in [1.29, 1.82) is 0 Å². The Labute approximate surface area is 86.4 Å². The topological polar surface area (TPSA) is 42.7 Å². The summed E-state index contributed by atoms with van der Waals surface area (Å²) >= 11 is 1.60. The molecular weight excluding hydrogens is 196 g/mol. The maximum absolute atomic E-state index is 4.11. The second kappa shape index (κ2) is 4.15. The smallest absolute Gasteiger partial charge is 0.149 e. The van der Waals surface area contributed by atoms with Crippen molar-refractivity contribution in [2.24, 2.45) is 0 Å². The summed E-state index contributed by atoms with van der Waals surface area (Å²) in [7, 11) is 0. The molecule has 72 valence electrons. The van der Waals surface area contributed by atoms with Crippen LogP contribution in [0.5, 0.6) is 0 Å². The van der Waals surface area contributed by atoms with Crippen LogP contribution in [-0.2, 0) is 0 Å². The number of hydrogen-bond acceptors (Lipinski definition) is 4. The van der Waals surface area contributed by atoms with Gasteiger partial charge < -0.3 is 0 Å². The van der Waals surface area contributed by atoms with Crippen LogP contribution in [0, 0.1) is 0 Å². The third kappa shape index (κ3) is 2.05. The van der Waals surface area contributed by atoms with Gasteiger partial charge in [0, 0.05) is 18.5 Å². The zero-order valence-electron chi connectivity index (χ0n) is 7.71. The molecule has 2 heterocycles. The summed E-state index contributed by atoms with van der Waals surface area (Å²) < 4.78 is 1.84. The van der Waals surface area contributed by atoms with Crippen LogP contribution in [0.2, 0.25) is 0 Å². The lowest BCUT2D eigenvalue weighted by Gasteiger charge is -2.06. The minimum Gasteiger partial charge on any atom is -0.278 e. The second-order valence-corrected chi connectivity index (χ2v) is 3.47. The fourth-order valence-electron chi connectivity index (χ4n) is 1.05. The molecule has 0 fully saturated rings. The highest BCUT2D eigenvalue weighted by molar-refractivity contribution is 7.98. The van der Waals surface area contributed by atoms with Gasteiger partial charge in [0.15, 0.2) is 0 Å². The van der Waals surface area contributed by atoms with E-state index in [1.807, 2.05) is 41.5 Å². The van der Waals surface area contributed by atoms with Crippen LogP contribution >= 0.6 is 11.8 Å².